The van der Waals surface area contributed by atoms with Gasteiger partial charge in [-0.2, -0.15) is 0 Å². The first-order valence-corrected chi connectivity index (χ1v) is 21.0. The fourth-order valence-electron chi connectivity index (χ4n) is 9.07. The molecule has 3 fully saturated rings. The average Bonchev–Trinajstić information content (AvgIpc) is 4.07. The minimum absolute atomic E-state index is 0.0910. The van der Waals surface area contributed by atoms with Gasteiger partial charge in [0, 0.05) is 24.5 Å². The summed E-state index contributed by atoms with van der Waals surface area (Å²) >= 11 is 0. The predicted octanol–water partition coefficient (Wildman–Crippen LogP) is 8.46. The maximum Gasteiger partial charge on any atom is 0.407 e. The molecule has 12 nitrogen and oxygen atoms in total. The smallest absolute Gasteiger partial charge is 0.407 e. The van der Waals surface area contributed by atoms with Crippen LogP contribution in [-0.4, -0.2) is 91.4 Å². The second kappa shape index (κ2) is 16.8. The largest absolute Gasteiger partial charge is 0.446 e. The second-order valence-corrected chi connectivity index (χ2v) is 17.6. The Kier molecular flexibility index (Phi) is 11.4. The topological polar surface area (TPSA) is 140 Å². The van der Waals surface area contributed by atoms with Gasteiger partial charge in [0.15, 0.2) is 0 Å². The molecule has 1 saturated carbocycles. The van der Waals surface area contributed by atoms with E-state index in [9.17, 15) is 14.4 Å². The molecule has 3 aromatic carbocycles. The van der Waals surface area contributed by atoms with Gasteiger partial charge in [0.25, 0.3) is 0 Å². The van der Waals surface area contributed by atoms with E-state index in [1.807, 2.05) is 92.3 Å². The van der Waals surface area contributed by atoms with Gasteiger partial charge < -0.3 is 29.8 Å². The van der Waals surface area contributed by atoms with Gasteiger partial charge in [-0.1, -0.05) is 78.9 Å². The van der Waals surface area contributed by atoms with Crippen LogP contribution in [0.15, 0.2) is 91.3 Å². The molecule has 12 heteroatoms. The third-order valence-corrected chi connectivity index (χ3v) is 12.0. The number of aromatic nitrogens is 4. The van der Waals surface area contributed by atoms with Crippen molar-refractivity contribution in [2.24, 2.45) is 5.92 Å². The number of carbonyl (C=O) groups is 3. The number of aromatic amines is 2. The van der Waals surface area contributed by atoms with E-state index in [4.69, 9.17) is 14.7 Å². The molecular weight excluding hydrogens is 741 g/mol. The molecule has 5 atom stereocenters. The summed E-state index contributed by atoms with van der Waals surface area (Å²) in [5, 5.41) is 2.85. The van der Waals surface area contributed by atoms with E-state index < -0.39 is 6.09 Å². The number of nitrogens with one attached hydrogen (secondary N) is 3. The molecule has 2 aromatic heterocycles. The third kappa shape index (κ3) is 8.83. The summed E-state index contributed by atoms with van der Waals surface area (Å²) < 4.78 is 5.65. The van der Waals surface area contributed by atoms with Crippen molar-refractivity contribution in [2.75, 3.05) is 27.2 Å². The summed E-state index contributed by atoms with van der Waals surface area (Å²) in [7, 11) is 3.91. The van der Waals surface area contributed by atoms with Gasteiger partial charge in [-0.05, 0) is 108 Å². The van der Waals surface area contributed by atoms with Gasteiger partial charge in [-0.25, -0.2) is 14.8 Å². The van der Waals surface area contributed by atoms with E-state index >= 15 is 0 Å². The lowest BCUT2D eigenvalue weighted by Crippen LogP contribution is -2.42. The molecule has 4 heterocycles. The molecule has 0 unspecified atom stereocenters. The highest BCUT2D eigenvalue weighted by atomic mass is 16.6. The Balaban J connectivity index is 0.884. The maximum absolute atomic E-state index is 13.9. The van der Waals surface area contributed by atoms with Crippen LogP contribution in [0.3, 0.4) is 0 Å². The molecular formula is C47H56N8O4. The van der Waals surface area contributed by atoms with Crippen LogP contribution >= 0.6 is 0 Å². The van der Waals surface area contributed by atoms with Crippen molar-refractivity contribution in [1.29, 1.82) is 0 Å². The van der Waals surface area contributed by atoms with Crippen molar-refractivity contribution in [3.63, 3.8) is 0 Å². The number of hydrogen-bond acceptors (Lipinski definition) is 7. The lowest BCUT2D eigenvalue weighted by Gasteiger charge is -2.31. The molecule has 3 N–H and O–H groups in total. The Morgan fingerprint density at radius 3 is 1.80 bits per heavy atom. The number of carbonyl (C=O) groups excluding carboxylic acids is 3. The first-order chi connectivity index (χ1) is 28.4. The Hall–Kier alpha value is -5.75. The van der Waals surface area contributed by atoms with Crippen LogP contribution in [0.4, 0.5) is 4.79 Å². The number of H-pyrrole nitrogens is 2. The van der Waals surface area contributed by atoms with Crippen LogP contribution in [0.1, 0.15) is 101 Å². The van der Waals surface area contributed by atoms with E-state index in [-0.39, 0.29) is 47.5 Å². The highest BCUT2D eigenvalue weighted by molar-refractivity contribution is 5.84. The van der Waals surface area contributed by atoms with Crippen molar-refractivity contribution >= 4 is 17.9 Å². The quantitative estimate of drug-likeness (QED) is 0.129. The molecule has 0 radical (unpaired) electrons. The summed E-state index contributed by atoms with van der Waals surface area (Å²) in [6.07, 6.45) is 8.62. The monoisotopic (exact) mass is 796 g/mol. The fraction of sp³-hybridized carbons (Fsp3) is 0.426. The number of benzene rings is 3. The van der Waals surface area contributed by atoms with Crippen LogP contribution in [0, 0.1) is 5.92 Å². The molecule has 308 valence electrons. The SMILES string of the molecule is CN(C)[C@@H](C(=O)N1CCC[C@H]1c1ncc(-c2ccc(-c3ccc(-c4cnc([C@@H]5CCCN5C(=O)[C@@H]5CC[C@H](OC(=O)NC(C)(C)C)C5)[nH]4)cc3)cc2)[nH]1)c1ccccc1. The highest BCUT2D eigenvalue weighted by Gasteiger charge is 2.40. The number of likely N-dealkylation sites (N-methyl/N-ethyl adjacent to an activating group) is 1. The molecule has 1 aliphatic carbocycles. The summed E-state index contributed by atoms with van der Waals surface area (Å²) in [4.78, 5) is 62.5. The number of hydrogen-bond donors (Lipinski definition) is 3. The van der Waals surface area contributed by atoms with E-state index in [0.717, 1.165) is 76.5 Å². The number of nitrogens with zero attached hydrogens (tertiary/aromatic N) is 5. The maximum atomic E-state index is 13.9. The normalized spacial score (nSPS) is 21.3. The van der Waals surface area contributed by atoms with E-state index in [1.54, 1.807) is 0 Å². The minimum atomic E-state index is -0.427. The van der Waals surface area contributed by atoms with Gasteiger partial charge in [-0.15, -0.1) is 0 Å². The highest BCUT2D eigenvalue weighted by Crippen LogP contribution is 2.38. The average molecular weight is 797 g/mol. The lowest BCUT2D eigenvalue weighted by molar-refractivity contribution is -0.138. The Morgan fingerprint density at radius 2 is 1.25 bits per heavy atom. The van der Waals surface area contributed by atoms with Gasteiger partial charge in [0.05, 0.1) is 35.9 Å². The third-order valence-electron chi connectivity index (χ3n) is 12.0. The van der Waals surface area contributed by atoms with Crippen LogP contribution in [0.2, 0.25) is 0 Å². The second-order valence-electron chi connectivity index (χ2n) is 17.6. The molecule has 0 bridgehead atoms. The number of amides is 3. The van der Waals surface area contributed by atoms with Crippen LogP contribution < -0.4 is 5.32 Å². The Labute approximate surface area is 346 Å². The molecule has 5 aromatic rings. The molecule has 3 aliphatic rings. The number of ether oxygens (including phenoxy) is 1. The first-order valence-electron chi connectivity index (χ1n) is 21.0. The zero-order chi connectivity index (χ0) is 41.3. The van der Waals surface area contributed by atoms with Gasteiger partial charge in [0.2, 0.25) is 11.8 Å². The summed E-state index contributed by atoms with van der Waals surface area (Å²) in [5.41, 5.74) is 6.71. The molecule has 8 rings (SSSR count). The van der Waals surface area contributed by atoms with Gasteiger partial charge in [0.1, 0.15) is 23.8 Å². The zero-order valence-electron chi connectivity index (χ0n) is 34.8. The zero-order valence-corrected chi connectivity index (χ0v) is 34.8. The number of rotatable bonds is 10. The van der Waals surface area contributed by atoms with Crippen molar-refractivity contribution in [3.8, 4) is 33.6 Å². The van der Waals surface area contributed by atoms with E-state index in [0.29, 0.717) is 32.4 Å². The van der Waals surface area contributed by atoms with Crippen LogP contribution in [-0.2, 0) is 14.3 Å². The van der Waals surface area contributed by atoms with E-state index in [2.05, 4.69) is 63.8 Å². The van der Waals surface area contributed by atoms with Crippen LogP contribution in [0.5, 0.6) is 0 Å². The van der Waals surface area contributed by atoms with Gasteiger partial charge >= 0.3 is 6.09 Å². The van der Waals surface area contributed by atoms with Crippen molar-refractivity contribution in [3.05, 3.63) is 108 Å². The predicted molar refractivity (Wildman–Crippen MR) is 228 cm³/mol. The molecule has 59 heavy (non-hydrogen) atoms. The molecule has 0 spiro atoms. The lowest BCUT2D eigenvalue weighted by atomic mass is 10.0. The standard InChI is InChI=1S/C47H56N8O4/c1-47(2,3)52-46(58)59-36-24-23-35(27-36)44(56)54-25-9-13-39(54)42-48-28-37(50-42)32-19-15-30(16-20-32)31-17-21-33(22-18-31)38-29-49-43(51-38)40-14-10-26-55(40)45(57)41(53(4)5)34-11-7-6-8-12-34/h6-8,11-12,15-22,28-29,35-36,39-41H,9-10,13-14,23-27H2,1-5H3,(H,48,50)(H,49,51)(H,52,58)/t35-,36+,39+,40+,41-/m1/s1. The number of likely N-dealkylation sites (tertiary alicyclic amines) is 2. The summed E-state index contributed by atoms with van der Waals surface area (Å²) in [6.45, 7) is 7.17. The molecule has 2 aliphatic heterocycles. The fourth-order valence-corrected chi connectivity index (χ4v) is 9.07. The van der Waals surface area contributed by atoms with Crippen molar-refractivity contribution in [1.82, 2.24) is 40.0 Å². The first kappa shape index (κ1) is 40.0. The minimum Gasteiger partial charge on any atom is -0.446 e. The Morgan fingerprint density at radius 1 is 0.729 bits per heavy atom. The van der Waals surface area contributed by atoms with E-state index in [1.165, 1.54) is 0 Å². The number of alkyl carbamates (subject to hydrolysis) is 1. The molecule has 3 amide bonds. The summed E-state index contributed by atoms with van der Waals surface area (Å²) in [6, 6.07) is 26.3. The van der Waals surface area contributed by atoms with Crippen LogP contribution in [0.25, 0.3) is 33.6 Å². The number of imidazole rings is 2. The van der Waals surface area contributed by atoms with Crippen molar-refractivity contribution < 1.29 is 19.1 Å². The van der Waals surface area contributed by atoms with Gasteiger partial charge in [-0.3, -0.25) is 14.5 Å². The molecule has 2 saturated heterocycles. The van der Waals surface area contributed by atoms with Crippen molar-refractivity contribution in [2.45, 2.75) is 95.5 Å². The summed E-state index contributed by atoms with van der Waals surface area (Å²) in [5.74, 6) is 1.70. The Bertz CT molecular complexity index is 2240.